The van der Waals surface area contributed by atoms with E-state index in [0.29, 0.717) is 17.1 Å². The summed E-state index contributed by atoms with van der Waals surface area (Å²) in [6, 6.07) is 6.56. The molecule has 1 aromatic carbocycles. The number of nitrogens with zero attached hydrogens (tertiary/aromatic N) is 2. The van der Waals surface area contributed by atoms with Crippen LogP contribution >= 0.6 is 0 Å². The molecule has 1 unspecified atom stereocenters. The van der Waals surface area contributed by atoms with Gasteiger partial charge in [-0.25, -0.2) is 9.78 Å². The second-order valence-electron chi connectivity index (χ2n) is 5.00. The highest BCUT2D eigenvalue weighted by atomic mass is 16.5. The SMILES string of the molecule is COc1cc(OC)cc(C(O)CNC(=O)Cn2cccnc2=O)c1. The van der Waals surface area contributed by atoms with E-state index in [1.165, 1.54) is 31.2 Å². The fraction of sp³-hybridized carbons (Fsp3) is 0.312. The normalized spacial score (nSPS) is 11.6. The van der Waals surface area contributed by atoms with Crippen molar-refractivity contribution < 1.29 is 19.4 Å². The largest absolute Gasteiger partial charge is 0.497 e. The summed E-state index contributed by atoms with van der Waals surface area (Å²) in [5.41, 5.74) is 0.0378. The van der Waals surface area contributed by atoms with E-state index in [0.717, 1.165) is 0 Å². The van der Waals surface area contributed by atoms with Crippen LogP contribution in [0.15, 0.2) is 41.5 Å². The van der Waals surface area contributed by atoms with Crippen LogP contribution in [-0.4, -0.2) is 41.3 Å². The van der Waals surface area contributed by atoms with Crippen molar-refractivity contribution in [3.8, 4) is 11.5 Å². The van der Waals surface area contributed by atoms with Crippen molar-refractivity contribution in [3.05, 3.63) is 52.7 Å². The van der Waals surface area contributed by atoms with Gasteiger partial charge in [0.15, 0.2) is 0 Å². The van der Waals surface area contributed by atoms with Gasteiger partial charge in [-0.05, 0) is 23.8 Å². The molecule has 0 aliphatic heterocycles. The van der Waals surface area contributed by atoms with Crippen LogP contribution in [0.1, 0.15) is 11.7 Å². The van der Waals surface area contributed by atoms with Crippen LogP contribution < -0.4 is 20.5 Å². The Balaban J connectivity index is 1.97. The van der Waals surface area contributed by atoms with Gasteiger partial charge in [-0.2, -0.15) is 0 Å². The summed E-state index contributed by atoms with van der Waals surface area (Å²) in [5.74, 6) is 0.673. The third-order valence-electron chi connectivity index (χ3n) is 3.35. The predicted octanol–water partition coefficient (Wildman–Crippen LogP) is 0.110. The molecule has 8 heteroatoms. The maximum absolute atomic E-state index is 11.9. The van der Waals surface area contributed by atoms with Gasteiger partial charge in [0, 0.05) is 25.0 Å². The molecular weight excluding hydrogens is 314 g/mol. The Labute approximate surface area is 138 Å². The maximum Gasteiger partial charge on any atom is 0.347 e. The van der Waals surface area contributed by atoms with Gasteiger partial charge in [-0.3, -0.25) is 9.36 Å². The van der Waals surface area contributed by atoms with Crippen LogP contribution in [0.25, 0.3) is 0 Å². The maximum atomic E-state index is 11.9. The first-order valence-corrected chi connectivity index (χ1v) is 7.22. The molecule has 0 spiro atoms. The third kappa shape index (κ3) is 4.56. The van der Waals surface area contributed by atoms with Crippen molar-refractivity contribution in [1.82, 2.24) is 14.9 Å². The molecule has 1 amide bonds. The van der Waals surface area contributed by atoms with E-state index in [9.17, 15) is 14.7 Å². The Kier molecular flexibility index (Phi) is 5.91. The first kappa shape index (κ1) is 17.5. The summed E-state index contributed by atoms with van der Waals surface area (Å²) < 4.78 is 11.5. The van der Waals surface area contributed by atoms with E-state index >= 15 is 0 Å². The minimum absolute atomic E-state index is 0.00975. The van der Waals surface area contributed by atoms with Crippen LogP contribution in [0.3, 0.4) is 0 Å². The summed E-state index contributed by atoms with van der Waals surface area (Å²) in [4.78, 5) is 26.9. The molecule has 1 aromatic heterocycles. The van der Waals surface area contributed by atoms with Crippen molar-refractivity contribution in [2.24, 2.45) is 0 Å². The molecule has 1 heterocycles. The van der Waals surface area contributed by atoms with Gasteiger partial charge in [-0.15, -0.1) is 0 Å². The molecule has 2 aromatic rings. The van der Waals surface area contributed by atoms with Crippen LogP contribution in [0, 0.1) is 0 Å². The number of ether oxygens (including phenoxy) is 2. The van der Waals surface area contributed by atoms with Gasteiger partial charge >= 0.3 is 5.69 Å². The summed E-state index contributed by atoms with van der Waals surface area (Å²) in [6.07, 6.45) is 1.89. The molecule has 2 rings (SSSR count). The topological polar surface area (TPSA) is 103 Å². The smallest absolute Gasteiger partial charge is 0.347 e. The fourth-order valence-electron chi connectivity index (χ4n) is 2.07. The zero-order valence-electron chi connectivity index (χ0n) is 13.4. The Bertz CT molecular complexity index is 737. The zero-order valence-corrected chi connectivity index (χ0v) is 13.4. The number of carbonyl (C=O) groups is 1. The van der Waals surface area contributed by atoms with Crippen molar-refractivity contribution in [3.63, 3.8) is 0 Å². The molecule has 2 N–H and O–H groups in total. The molecule has 0 fully saturated rings. The number of hydrogen-bond donors (Lipinski definition) is 2. The van der Waals surface area contributed by atoms with E-state index in [1.54, 1.807) is 24.3 Å². The lowest BCUT2D eigenvalue weighted by Crippen LogP contribution is -2.35. The number of benzene rings is 1. The van der Waals surface area contributed by atoms with Gasteiger partial charge in [0.05, 0.1) is 20.3 Å². The molecular formula is C16H19N3O5. The first-order valence-electron chi connectivity index (χ1n) is 7.22. The monoisotopic (exact) mass is 333 g/mol. The Hall–Kier alpha value is -2.87. The van der Waals surface area contributed by atoms with Gasteiger partial charge in [0.2, 0.25) is 5.91 Å². The molecule has 0 saturated carbocycles. The molecule has 0 radical (unpaired) electrons. The average Bonchev–Trinajstić information content (AvgIpc) is 2.61. The summed E-state index contributed by atoms with van der Waals surface area (Å²) in [5, 5.41) is 12.8. The molecule has 128 valence electrons. The van der Waals surface area contributed by atoms with Crippen LogP contribution in [-0.2, 0) is 11.3 Å². The molecule has 0 bridgehead atoms. The number of methoxy groups -OCH3 is 2. The third-order valence-corrected chi connectivity index (χ3v) is 3.35. The van der Waals surface area contributed by atoms with Gasteiger partial charge in [0.1, 0.15) is 18.0 Å². The number of hydrogen-bond acceptors (Lipinski definition) is 6. The molecule has 0 saturated heterocycles. The molecule has 1 atom stereocenters. The lowest BCUT2D eigenvalue weighted by molar-refractivity contribution is -0.122. The van der Waals surface area contributed by atoms with Crippen molar-refractivity contribution >= 4 is 5.91 Å². The fourth-order valence-corrected chi connectivity index (χ4v) is 2.07. The highest BCUT2D eigenvalue weighted by Gasteiger charge is 2.13. The summed E-state index contributed by atoms with van der Waals surface area (Å²) in [6.45, 7) is -0.176. The van der Waals surface area contributed by atoms with E-state index < -0.39 is 17.7 Å². The van der Waals surface area contributed by atoms with Crippen molar-refractivity contribution in [2.75, 3.05) is 20.8 Å². The van der Waals surface area contributed by atoms with Crippen molar-refractivity contribution in [1.29, 1.82) is 0 Å². The van der Waals surface area contributed by atoms with Gasteiger partial charge < -0.3 is 19.9 Å². The van der Waals surface area contributed by atoms with E-state index in [1.807, 2.05) is 0 Å². The minimum Gasteiger partial charge on any atom is -0.497 e. The second-order valence-corrected chi connectivity index (χ2v) is 5.00. The lowest BCUT2D eigenvalue weighted by atomic mass is 10.1. The Morgan fingerprint density at radius 3 is 2.54 bits per heavy atom. The number of rotatable bonds is 7. The zero-order chi connectivity index (χ0) is 17.5. The van der Waals surface area contributed by atoms with Gasteiger partial charge in [0.25, 0.3) is 0 Å². The standard InChI is InChI=1S/C16H19N3O5/c1-23-12-6-11(7-13(8-12)24-2)14(20)9-18-15(21)10-19-5-3-4-17-16(19)22/h3-8,14,20H,9-10H2,1-2H3,(H,18,21). The number of aliphatic hydroxyl groups excluding tert-OH is 1. The van der Waals surface area contributed by atoms with Crippen LogP contribution in [0.4, 0.5) is 0 Å². The highest BCUT2D eigenvalue weighted by molar-refractivity contribution is 5.75. The number of amides is 1. The van der Waals surface area contributed by atoms with Crippen LogP contribution in [0.5, 0.6) is 11.5 Å². The Morgan fingerprint density at radius 2 is 1.96 bits per heavy atom. The minimum atomic E-state index is -0.941. The number of aliphatic hydroxyl groups is 1. The molecule has 0 aliphatic rings. The summed E-state index contributed by atoms with van der Waals surface area (Å²) >= 11 is 0. The number of aromatic nitrogens is 2. The predicted molar refractivity (Wildman–Crippen MR) is 86.0 cm³/mol. The van der Waals surface area contributed by atoms with Crippen molar-refractivity contribution in [2.45, 2.75) is 12.6 Å². The molecule has 0 aliphatic carbocycles. The highest BCUT2D eigenvalue weighted by Crippen LogP contribution is 2.26. The lowest BCUT2D eigenvalue weighted by Gasteiger charge is -2.15. The van der Waals surface area contributed by atoms with E-state index in [4.69, 9.17) is 9.47 Å². The molecule has 24 heavy (non-hydrogen) atoms. The Morgan fingerprint density at radius 1 is 1.29 bits per heavy atom. The average molecular weight is 333 g/mol. The molecule has 8 nitrogen and oxygen atoms in total. The second kappa shape index (κ2) is 8.11. The van der Waals surface area contributed by atoms with Crippen LogP contribution in [0.2, 0.25) is 0 Å². The first-order chi connectivity index (χ1) is 11.5. The van der Waals surface area contributed by atoms with Gasteiger partial charge in [-0.1, -0.05) is 0 Å². The number of nitrogens with one attached hydrogen (secondary N) is 1. The number of carbonyl (C=O) groups excluding carboxylic acids is 1. The van der Waals surface area contributed by atoms with E-state index in [-0.39, 0.29) is 13.1 Å². The van der Waals surface area contributed by atoms with E-state index in [2.05, 4.69) is 10.3 Å². The quantitative estimate of drug-likeness (QED) is 0.745. The summed E-state index contributed by atoms with van der Waals surface area (Å²) in [7, 11) is 3.02.